The maximum absolute atomic E-state index is 5.78. The Kier molecular flexibility index (Phi) is 4.33. The first kappa shape index (κ1) is 13.0. The van der Waals surface area contributed by atoms with E-state index < -0.39 is 0 Å². The molecule has 98 valence electrons. The predicted octanol–water partition coefficient (Wildman–Crippen LogP) is 1.42. The average Bonchev–Trinajstić information content (AvgIpc) is 2.73. The molecule has 0 aliphatic rings. The first-order valence-corrected chi connectivity index (χ1v) is 6.24. The Hall–Kier alpha value is -1.40. The lowest BCUT2D eigenvalue weighted by molar-refractivity contribution is 0.184. The monoisotopic (exact) mass is 269 g/mol. The molecule has 2 heterocycles. The molecule has 1 atom stereocenters. The van der Waals surface area contributed by atoms with Crippen LogP contribution in [0.5, 0.6) is 0 Å². The number of nitrogens with one attached hydrogen (secondary N) is 1. The van der Waals surface area contributed by atoms with Crippen molar-refractivity contribution in [3.05, 3.63) is 12.5 Å². The van der Waals surface area contributed by atoms with Crippen molar-refractivity contribution in [2.45, 2.75) is 12.5 Å². The van der Waals surface area contributed by atoms with Crippen LogP contribution >= 0.6 is 11.6 Å². The Balaban J connectivity index is 2.24. The van der Waals surface area contributed by atoms with Gasteiger partial charge in [0, 0.05) is 20.0 Å². The van der Waals surface area contributed by atoms with Crippen molar-refractivity contribution in [3.8, 4) is 0 Å². The molecule has 0 saturated carbocycles. The highest BCUT2D eigenvalue weighted by Crippen LogP contribution is 2.19. The number of nitrogens with zero attached hydrogens (tertiary/aromatic N) is 4. The molecule has 0 aliphatic heterocycles. The molecule has 18 heavy (non-hydrogen) atoms. The Bertz CT molecular complexity index is 509. The van der Waals surface area contributed by atoms with E-state index in [-0.39, 0.29) is 6.04 Å². The van der Waals surface area contributed by atoms with E-state index in [1.165, 1.54) is 6.33 Å². The first-order valence-electron chi connectivity index (χ1n) is 5.70. The van der Waals surface area contributed by atoms with Crippen LogP contribution in [0.3, 0.4) is 0 Å². The third kappa shape index (κ3) is 2.70. The summed E-state index contributed by atoms with van der Waals surface area (Å²) in [6, 6.07) is 0.130. The molecule has 0 spiro atoms. The maximum Gasteiger partial charge on any atom is 0.163 e. The molecule has 2 aromatic heterocycles. The van der Waals surface area contributed by atoms with Crippen LogP contribution in [0.25, 0.3) is 11.0 Å². The van der Waals surface area contributed by atoms with Gasteiger partial charge in [-0.1, -0.05) is 0 Å². The van der Waals surface area contributed by atoms with Gasteiger partial charge in [-0.15, -0.1) is 11.6 Å². The number of alkyl halides is 1. The first-order chi connectivity index (χ1) is 8.76. The van der Waals surface area contributed by atoms with E-state index in [0.29, 0.717) is 12.5 Å². The number of aryl methyl sites for hydroxylation is 1. The molecule has 2 rings (SSSR count). The number of halogens is 1. The number of anilines is 1. The van der Waals surface area contributed by atoms with Crippen LogP contribution in [-0.2, 0) is 11.8 Å². The molecule has 0 aliphatic carbocycles. The van der Waals surface area contributed by atoms with Crippen LogP contribution in [0.4, 0.5) is 5.82 Å². The predicted molar refractivity (Wildman–Crippen MR) is 70.9 cm³/mol. The van der Waals surface area contributed by atoms with Gasteiger partial charge in [-0.2, -0.15) is 5.10 Å². The maximum atomic E-state index is 5.78. The van der Waals surface area contributed by atoms with E-state index in [1.807, 2.05) is 7.05 Å². The van der Waals surface area contributed by atoms with Crippen LogP contribution in [0.15, 0.2) is 12.5 Å². The van der Waals surface area contributed by atoms with Crippen molar-refractivity contribution in [2.75, 3.05) is 24.9 Å². The molecule has 0 fully saturated rings. The topological polar surface area (TPSA) is 64.9 Å². The zero-order valence-corrected chi connectivity index (χ0v) is 11.2. The lowest BCUT2D eigenvalue weighted by Crippen LogP contribution is -2.26. The molecule has 1 N–H and O–H groups in total. The number of hydrogen-bond acceptors (Lipinski definition) is 5. The fourth-order valence-electron chi connectivity index (χ4n) is 1.80. The minimum Gasteiger partial charge on any atom is -0.383 e. The summed E-state index contributed by atoms with van der Waals surface area (Å²) < 4.78 is 6.88. The van der Waals surface area contributed by atoms with Crippen molar-refractivity contribution < 1.29 is 4.74 Å². The summed E-state index contributed by atoms with van der Waals surface area (Å²) in [6.07, 6.45) is 4.08. The summed E-state index contributed by atoms with van der Waals surface area (Å²) in [5.41, 5.74) is 0.801. The average molecular weight is 270 g/mol. The highest BCUT2D eigenvalue weighted by atomic mass is 35.5. The zero-order valence-electron chi connectivity index (χ0n) is 10.4. The van der Waals surface area contributed by atoms with Crippen LogP contribution in [0.2, 0.25) is 0 Å². The van der Waals surface area contributed by atoms with Crippen LogP contribution < -0.4 is 5.32 Å². The number of hydrogen-bond donors (Lipinski definition) is 1. The number of rotatable bonds is 6. The quantitative estimate of drug-likeness (QED) is 0.804. The Morgan fingerprint density at radius 1 is 1.50 bits per heavy atom. The van der Waals surface area contributed by atoms with Crippen molar-refractivity contribution >= 4 is 28.5 Å². The lowest BCUT2D eigenvalue weighted by Gasteiger charge is -2.17. The van der Waals surface area contributed by atoms with E-state index in [2.05, 4.69) is 20.4 Å². The van der Waals surface area contributed by atoms with Gasteiger partial charge >= 0.3 is 0 Å². The summed E-state index contributed by atoms with van der Waals surface area (Å²) in [4.78, 5) is 8.44. The summed E-state index contributed by atoms with van der Waals surface area (Å²) >= 11 is 5.78. The van der Waals surface area contributed by atoms with Gasteiger partial charge in [-0.3, -0.25) is 4.68 Å². The molecule has 0 aromatic carbocycles. The fourth-order valence-corrected chi connectivity index (χ4v) is 2.06. The third-order valence-corrected chi connectivity index (χ3v) is 2.91. The van der Waals surface area contributed by atoms with Crippen LogP contribution in [-0.4, -0.2) is 45.4 Å². The summed E-state index contributed by atoms with van der Waals surface area (Å²) in [6.45, 7) is 0.582. The Labute approximate surface area is 110 Å². The van der Waals surface area contributed by atoms with Crippen molar-refractivity contribution in [1.82, 2.24) is 19.7 Å². The summed E-state index contributed by atoms with van der Waals surface area (Å²) in [5, 5.41) is 8.39. The largest absolute Gasteiger partial charge is 0.383 e. The molecule has 2 aromatic rings. The molecule has 0 bridgehead atoms. The SMILES string of the molecule is COCC(CCCl)Nc1ncnc2c1cnn2C. The van der Waals surface area contributed by atoms with Gasteiger partial charge in [0.25, 0.3) is 0 Å². The van der Waals surface area contributed by atoms with E-state index in [9.17, 15) is 0 Å². The normalized spacial score (nSPS) is 12.8. The standard InChI is InChI=1S/C11H16ClN5O/c1-17-11-9(5-15-17)10(13-7-14-11)16-8(3-4-12)6-18-2/h5,7-8H,3-4,6H2,1-2H3,(H,13,14,16). The van der Waals surface area contributed by atoms with Crippen LogP contribution in [0, 0.1) is 0 Å². The molecular weight excluding hydrogens is 254 g/mol. The second-order valence-corrected chi connectivity index (χ2v) is 4.38. The van der Waals surface area contributed by atoms with Gasteiger partial charge in [0.2, 0.25) is 0 Å². The van der Waals surface area contributed by atoms with Gasteiger partial charge < -0.3 is 10.1 Å². The second kappa shape index (κ2) is 5.97. The number of methoxy groups -OCH3 is 1. The highest BCUT2D eigenvalue weighted by molar-refractivity contribution is 6.17. The van der Waals surface area contributed by atoms with E-state index >= 15 is 0 Å². The number of ether oxygens (including phenoxy) is 1. The Morgan fingerprint density at radius 2 is 2.33 bits per heavy atom. The molecule has 0 amide bonds. The van der Waals surface area contributed by atoms with Gasteiger partial charge in [0.05, 0.1) is 24.2 Å². The van der Waals surface area contributed by atoms with Crippen molar-refractivity contribution in [3.63, 3.8) is 0 Å². The van der Waals surface area contributed by atoms with Crippen molar-refractivity contribution in [2.24, 2.45) is 7.05 Å². The van der Waals surface area contributed by atoms with Gasteiger partial charge in [-0.05, 0) is 6.42 Å². The smallest absolute Gasteiger partial charge is 0.163 e. The minimum atomic E-state index is 0.130. The molecule has 6 nitrogen and oxygen atoms in total. The van der Waals surface area contributed by atoms with Gasteiger partial charge in [0.15, 0.2) is 5.65 Å². The molecule has 0 radical (unpaired) electrons. The van der Waals surface area contributed by atoms with E-state index in [4.69, 9.17) is 16.3 Å². The number of aromatic nitrogens is 4. The van der Waals surface area contributed by atoms with E-state index in [1.54, 1.807) is 18.0 Å². The second-order valence-electron chi connectivity index (χ2n) is 4.00. The number of fused-ring (bicyclic) bond motifs is 1. The highest BCUT2D eigenvalue weighted by Gasteiger charge is 2.12. The zero-order chi connectivity index (χ0) is 13.0. The lowest BCUT2D eigenvalue weighted by atomic mass is 10.2. The molecule has 1 unspecified atom stereocenters. The summed E-state index contributed by atoms with van der Waals surface area (Å²) in [5.74, 6) is 1.34. The molecule has 0 saturated heterocycles. The van der Waals surface area contributed by atoms with E-state index in [0.717, 1.165) is 23.3 Å². The minimum absolute atomic E-state index is 0.130. The Morgan fingerprint density at radius 3 is 3.06 bits per heavy atom. The third-order valence-electron chi connectivity index (χ3n) is 2.70. The van der Waals surface area contributed by atoms with Crippen LogP contribution in [0.1, 0.15) is 6.42 Å². The summed E-state index contributed by atoms with van der Waals surface area (Å²) in [7, 11) is 3.52. The van der Waals surface area contributed by atoms with Crippen molar-refractivity contribution in [1.29, 1.82) is 0 Å². The fraction of sp³-hybridized carbons (Fsp3) is 0.545. The van der Waals surface area contributed by atoms with Gasteiger partial charge in [0.1, 0.15) is 12.1 Å². The van der Waals surface area contributed by atoms with Gasteiger partial charge in [-0.25, -0.2) is 9.97 Å². The molecule has 7 heteroatoms. The molecular formula is C11H16ClN5O.